The van der Waals surface area contributed by atoms with Crippen molar-refractivity contribution in [2.45, 2.75) is 33.7 Å². The Morgan fingerprint density at radius 1 is 1.29 bits per heavy atom. The second-order valence-corrected chi connectivity index (χ2v) is 5.00. The van der Waals surface area contributed by atoms with Gasteiger partial charge >= 0.3 is 0 Å². The molecule has 1 aromatic rings. The summed E-state index contributed by atoms with van der Waals surface area (Å²) in [6, 6.07) is 5.95. The van der Waals surface area contributed by atoms with Gasteiger partial charge in [0.2, 0.25) is 0 Å². The lowest BCUT2D eigenvalue weighted by Gasteiger charge is -2.25. The number of hydrogen-bond donors (Lipinski definition) is 1. The Balaban J connectivity index is 3.23. The fourth-order valence-corrected chi connectivity index (χ4v) is 1.97. The Labute approximate surface area is 103 Å². The van der Waals surface area contributed by atoms with Crippen molar-refractivity contribution < 1.29 is 4.74 Å². The maximum Gasteiger partial charge on any atom is 0.124 e. The molecule has 0 aliphatic heterocycles. The molecule has 0 saturated heterocycles. The predicted octanol–water partition coefficient (Wildman–Crippen LogP) is 2.86. The van der Waals surface area contributed by atoms with Gasteiger partial charge in [-0.05, 0) is 44.4 Å². The fraction of sp³-hybridized carbons (Fsp3) is 0.500. The van der Waals surface area contributed by atoms with Crippen LogP contribution in [0.5, 0.6) is 5.75 Å². The third kappa shape index (κ3) is 2.59. The third-order valence-corrected chi connectivity index (χ3v) is 3.11. The lowest BCUT2D eigenvalue weighted by Crippen LogP contribution is -2.27. The zero-order valence-corrected chi connectivity index (χ0v) is 11.2. The molecule has 3 heteroatoms. The Hall–Kier alpha value is -1.53. The summed E-state index contributed by atoms with van der Waals surface area (Å²) < 4.78 is 5.32. The van der Waals surface area contributed by atoms with Crippen molar-refractivity contribution >= 4 is 0 Å². The molecule has 0 heterocycles. The first-order valence-corrected chi connectivity index (χ1v) is 5.65. The van der Waals surface area contributed by atoms with Crippen molar-refractivity contribution in [3.63, 3.8) is 0 Å². The molecule has 0 aromatic heterocycles. The van der Waals surface area contributed by atoms with E-state index in [-0.39, 0.29) is 6.04 Å². The number of rotatable bonds is 3. The zero-order chi connectivity index (χ0) is 13.2. The lowest BCUT2D eigenvalue weighted by molar-refractivity contribution is 0.389. The highest BCUT2D eigenvalue weighted by Gasteiger charge is 2.28. The van der Waals surface area contributed by atoms with E-state index in [1.54, 1.807) is 7.11 Å². The van der Waals surface area contributed by atoms with Crippen molar-refractivity contribution in [2.24, 2.45) is 11.1 Å². The van der Waals surface area contributed by atoms with Crippen molar-refractivity contribution in [1.82, 2.24) is 0 Å². The van der Waals surface area contributed by atoms with Gasteiger partial charge in [0, 0.05) is 6.04 Å². The molecular formula is C14H20N2O. The van der Waals surface area contributed by atoms with Gasteiger partial charge in [0.15, 0.2) is 0 Å². The number of ether oxygens (including phenoxy) is 1. The van der Waals surface area contributed by atoms with Gasteiger partial charge in [-0.25, -0.2) is 0 Å². The normalized spacial score (nSPS) is 13.0. The first-order valence-electron chi connectivity index (χ1n) is 5.65. The Kier molecular flexibility index (Phi) is 3.79. The Morgan fingerprint density at radius 3 is 2.12 bits per heavy atom. The highest BCUT2D eigenvalue weighted by atomic mass is 16.5. The number of nitriles is 1. The molecule has 0 bridgehead atoms. The summed E-state index contributed by atoms with van der Waals surface area (Å²) in [5, 5.41) is 9.11. The summed E-state index contributed by atoms with van der Waals surface area (Å²) in [5.74, 6) is 0.885. The van der Waals surface area contributed by atoms with Crippen LogP contribution in [0.4, 0.5) is 0 Å². The van der Waals surface area contributed by atoms with Crippen LogP contribution in [0.15, 0.2) is 12.1 Å². The lowest BCUT2D eigenvalue weighted by atomic mass is 9.81. The van der Waals surface area contributed by atoms with Crippen molar-refractivity contribution in [1.29, 1.82) is 5.26 Å². The molecule has 0 aliphatic carbocycles. The average molecular weight is 232 g/mol. The average Bonchev–Trinajstić information content (AvgIpc) is 2.27. The first-order chi connectivity index (χ1) is 7.83. The maximum atomic E-state index is 9.11. The fourth-order valence-electron chi connectivity index (χ4n) is 1.97. The summed E-state index contributed by atoms with van der Waals surface area (Å²) in [7, 11) is 1.66. The van der Waals surface area contributed by atoms with Crippen LogP contribution in [0, 0.1) is 30.6 Å². The van der Waals surface area contributed by atoms with E-state index >= 15 is 0 Å². The van der Waals surface area contributed by atoms with Gasteiger partial charge in [-0.2, -0.15) is 5.26 Å². The van der Waals surface area contributed by atoms with Gasteiger partial charge in [-0.3, -0.25) is 0 Å². The standard InChI is InChI=1S/C14H20N2O/c1-9-6-11(7-10(2)12(9)17-5)13(16)14(3,4)8-15/h6-7,13H,16H2,1-5H3. The molecule has 1 atom stereocenters. The number of hydrogen-bond acceptors (Lipinski definition) is 3. The molecule has 0 amide bonds. The van der Waals surface area contributed by atoms with E-state index in [2.05, 4.69) is 6.07 Å². The Morgan fingerprint density at radius 2 is 1.76 bits per heavy atom. The molecule has 0 aliphatic rings. The van der Waals surface area contributed by atoms with Crippen molar-refractivity contribution in [2.75, 3.05) is 7.11 Å². The van der Waals surface area contributed by atoms with Crippen molar-refractivity contribution in [3.8, 4) is 11.8 Å². The molecule has 2 N–H and O–H groups in total. The van der Waals surface area contributed by atoms with E-state index in [1.165, 1.54) is 0 Å². The molecule has 0 fully saturated rings. The predicted molar refractivity (Wildman–Crippen MR) is 68.8 cm³/mol. The minimum atomic E-state index is -0.576. The SMILES string of the molecule is COc1c(C)cc(C(N)C(C)(C)C#N)cc1C. The van der Waals surface area contributed by atoms with Gasteiger partial charge in [0.25, 0.3) is 0 Å². The van der Waals surface area contributed by atoms with Crippen molar-refractivity contribution in [3.05, 3.63) is 28.8 Å². The van der Waals surface area contributed by atoms with Gasteiger partial charge in [-0.15, -0.1) is 0 Å². The minimum Gasteiger partial charge on any atom is -0.496 e. The number of methoxy groups -OCH3 is 1. The summed E-state index contributed by atoms with van der Waals surface area (Å²) in [6.45, 7) is 7.68. The molecule has 1 rings (SSSR count). The quantitative estimate of drug-likeness (QED) is 0.871. The number of nitrogens with zero attached hydrogens (tertiary/aromatic N) is 1. The zero-order valence-electron chi connectivity index (χ0n) is 11.2. The number of benzene rings is 1. The molecule has 0 spiro atoms. The van der Waals surface area contributed by atoms with Crippen LogP contribution in [-0.2, 0) is 0 Å². The van der Waals surface area contributed by atoms with Crippen LogP contribution in [-0.4, -0.2) is 7.11 Å². The van der Waals surface area contributed by atoms with Crippen LogP contribution >= 0.6 is 0 Å². The second kappa shape index (κ2) is 4.77. The highest BCUT2D eigenvalue weighted by molar-refractivity contribution is 5.44. The van der Waals surface area contributed by atoms with Gasteiger partial charge < -0.3 is 10.5 Å². The minimum absolute atomic E-state index is 0.296. The third-order valence-electron chi connectivity index (χ3n) is 3.11. The molecule has 0 radical (unpaired) electrons. The van der Waals surface area contributed by atoms with Crippen LogP contribution < -0.4 is 10.5 Å². The summed E-state index contributed by atoms with van der Waals surface area (Å²) in [5.41, 5.74) is 8.65. The first kappa shape index (κ1) is 13.5. The van der Waals surface area contributed by atoms with Gasteiger partial charge in [-0.1, -0.05) is 12.1 Å². The van der Waals surface area contributed by atoms with E-state index < -0.39 is 5.41 Å². The Bertz CT molecular complexity index is 435. The molecule has 0 saturated carbocycles. The monoisotopic (exact) mass is 232 g/mol. The number of aryl methyl sites for hydroxylation is 2. The largest absolute Gasteiger partial charge is 0.496 e. The molecular weight excluding hydrogens is 212 g/mol. The second-order valence-electron chi connectivity index (χ2n) is 5.00. The molecule has 92 valence electrons. The summed E-state index contributed by atoms with van der Waals surface area (Å²) in [6.07, 6.45) is 0. The van der Waals surface area contributed by atoms with Crippen LogP contribution in [0.3, 0.4) is 0 Å². The smallest absolute Gasteiger partial charge is 0.124 e. The molecule has 1 aromatic carbocycles. The molecule has 17 heavy (non-hydrogen) atoms. The van der Waals surface area contributed by atoms with Gasteiger partial charge in [0.05, 0.1) is 18.6 Å². The summed E-state index contributed by atoms with van der Waals surface area (Å²) in [4.78, 5) is 0. The van der Waals surface area contributed by atoms with E-state index in [0.717, 1.165) is 22.4 Å². The molecule has 3 nitrogen and oxygen atoms in total. The van der Waals surface area contributed by atoms with Crippen LogP contribution in [0.25, 0.3) is 0 Å². The summed E-state index contributed by atoms with van der Waals surface area (Å²) >= 11 is 0. The maximum absolute atomic E-state index is 9.11. The number of nitrogens with two attached hydrogens (primary N) is 1. The topological polar surface area (TPSA) is 59.0 Å². The van der Waals surface area contributed by atoms with E-state index in [0.29, 0.717) is 0 Å². The van der Waals surface area contributed by atoms with Crippen LogP contribution in [0.2, 0.25) is 0 Å². The highest BCUT2D eigenvalue weighted by Crippen LogP contribution is 2.34. The van der Waals surface area contributed by atoms with Gasteiger partial charge in [0.1, 0.15) is 5.75 Å². The van der Waals surface area contributed by atoms with E-state index in [9.17, 15) is 0 Å². The van der Waals surface area contributed by atoms with E-state index in [1.807, 2.05) is 39.8 Å². The van der Waals surface area contributed by atoms with E-state index in [4.69, 9.17) is 15.7 Å². The molecule has 1 unspecified atom stereocenters. The van der Waals surface area contributed by atoms with Crippen LogP contribution in [0.1, 0.15) is 36.6 Å².